The van der Waals surface area contributed by atoms with Crippen molar-refractivity contribution in [3.8, 4) is 5.75 Å². The lowest BCUT2D eigenvalue weighted by Crippen LogP contribution is -2.15. The maximum atomic E-state index is 12.7. The van der Waals surface area contributed by atoms with Crippen LogP contribution in [-0.2, 0) is 17.6 Å². The van der Waals surface area contributed by atoms with Crippen LogP contribution in [0.15, 0.2) is 24.3 Å². The number of anilines is 1. The first-order chi connectivity index (χ1) is 13.6. The van der Waals surface area contributed by atoms with E-state index < -0.39 is 0 Å². The van der Waals surface area contributed by atoms with E-state index >= 15 is 0 Å². The van der Waals surface area contributed by atoms with Crippen molar-refractivity contribution in [1.29, 1.82) is 0 Å². The standard InChI is InChI=1S/C22H27NO4S/c1-3-4-7-14-27-16-12-10-15(11-13-16)20(24)23-21-19(22(25)26-2)17-8-5-6-9-18(17)28-21/h10-13H,3-9,14H2,1-2H3,(H,23,24). The van der Waals surface area contributed by atoms with Gasteiger partial charge in [0, 0.05) is 10.4 Å². The van der Waals surface area contributed by atoms with Crippen LogP contribution in [0.5, 0.6) is 5.75 Å². The van der Waals surface area contributed by atoms with E-state index in [-0.39, 0.29) is 11.9 Å². The van der Waals surface area contributed by atoms with Crippen LogP contribution in [0.1, 0.15) is 70.2 Å². The van der Waals surface area contributed by atoms with Crippen LogP contribution in [0.25, 0.3) is 0 Å². The molecule has 0 unspecified atom stereocenters. The maximum Gasteiger partial charge on any atom is 0.341 e. The van der Waals surface area contributed by atoms with E-state index in [1.54, 1.807) is 12.1 Å². The number of hydrogen-bond donors (Lipinski definition) is 1. The molecule has 0 saturated heterocycles. The van der Waals surface area contributed by atoms with Gasteiger partial charge in [0.05, 0.1) is 19.3 Å². The van der Waals surface area contributed by atoms with Gasteiger partial charge in [-0.25, -0.2) is 4.79 Å². The molecule has 2 aromatic rings. The quantitative estimate of drug-likeness (QED) is 0.486. The Kier molecular flexibility index (Phi) is 7.09. The summed E-state index contributed by atoms with van der Waals surface area (Å²) in [6, 6.07) is 7.11. The number of nitrogens with one attached hydrogen (secondary N) is 1. The minimum Gasteiger partial charge on any atom is -0.494 e. The summed E-state index contributed by atoms with van der Waals surface area (Å²) < 4.78 is 10.6. The first-order valence-electron chi connectivity index (χ1n) is 9.91. The minimum absolute atomic E-state index is 0.235. The van der Waals surface area contributed by atoms with Crippen molar-refractivity contribution >= 4 is 28.2 Å². The van der Waals surface area contributed by atoms with Gasteiger partial charge in [0.1, 0.15) is 10.8 Å². The molecule has 3 rings (SSSR count). The number of amides is 1. The van der Waals surface area contributed by atoms with Crippen LogP contribution in [0.2, 0.25) is 0 Å². The van der Waals surface area contributed by atoms with E-state index in [2.05, 4.69) is 12.2 Å². The van der Waals surface area contributed by atoms with Gasteiger partial charge in [0.15, 0.2) is 0 Å². The van der Waals surface area contributed by atoms with Gasteiger partial charge in [0.25, 0.3) is 5.91 Å². The molecule has 1 amide bonds. The van der Waals surface area contributed by atoms with Crippen LogP contribution in [0, 0.1) is 0 Å². The number of aryl methyl sites for hydroxylation is 1. The molecular weight excluding hydrogens is 374 g/mol. The third-order valence-corrected chi connectivity index (χ3v) is 6.13. The highest BCUT2D eigenvalue weighted by Crippen LogP contribution is 2.38. The lowest BCUT2D eigenvalue weighted by Gasteiger charge is -2.11. The highest BCUT2D eigenvalue weighted by atomic mass is 32.1. The Bertz CT molecular complexity index is 826. The predicted octanol–water partition coefficient (Wildman–Crippen LogP) is 5.23. The number of thiophene rings is 1. The summed E-state index contributed by atoms with van der Waals surface area (Å²) in [6.45, 7) is 2.84. The van der Waals surface area contributed by atoms with Crippen LogP contribution < -0.4 is 10.1 Å². The molecule has 1 aliphatic carbocycles. The molecule has 0 spiro atoms. The summed E-state index contributed by atoms with van der Waals surface area (Å²) in [5, 5.41) is 3.50. The third kappa shape index (κ3) is 4.73. The second-order valence-electron chi connectivity index (χ2n) is 6.94. The molecule has 0 saturated carbocycles. The summed E-state index contributed by atoms with van der Waals surface area (Å²) in [6.07, 6.45) is 7.30. The Morgan fingerprint density at radius 1 is 1.11 bits per heavy atom. The molecule has 0 atom stereocenters. The number of carbonyl (C=O) groups is 2. The zero-order valence-corrected chi connectivity index (χ0v) is 17.3. The summed E-state index contributed by atoms with van der Waals surface area (Å²) in [4.78, 5) is 26.2. The zero-order chi connectivity index (χ0) is 19.9. The molecule has 1 heterocycles. The van der Waals surface area contributed by atoms with Gasteiger partial charge in [0.2, 0.25) is 0 Å². The number of fused-ring (bicyclic) bond motifs is 1. The molecule has 0 aliphatic heterocycles. The molecule has 28 heavy (non-hydrogen) atoms. The maximum absolute atomic E-state index is 12.7. The van der Waals surface area contributed by atoms with E-state index in [0.29, 0.717) is 22.7 Å². The van der Waals surface area contributed by atoms with Gasteiger partial charge in [-0.05, 0) is 61.9 Å². The Morgan fingerprint density at radius 2 is 1.86 bits per heavy atom. The third-order valence-electron chi connectivity index (χ3n) is 4.92. The van der Waals surface area contributed by atoms with Gasteiger partial charge in [-0.3, -0.25) is 4.79 Å². The van der Waals surface area contributed by atoms with E-state index in [1.165, 1.54) is 23.3 Å². The fourth-order valence-electron chi connectivity index (χ4n) is 3.39. The Balaban J connectivity index is 1.71. The second kappa shape index (κ2) is 9.73. The van der Waals surface area contributed by atoms with Crippen molar-refractivity contribution in [3.05, 3.63) is 45.8 Å². The SMILES string of the molecule is CCCCCOc1ccc(C(=O)Nc2sc3c(c2C(=O)OC)CCCC3)cc1. The van der Waals surface area contributed by atoms with E-state index in [1.807, 2.05) is 12.1 Å². The van der Waals surface area contributed by atoms with Crippen molar-refractivity contribution in [2.75, 3.05) is 19.0 Å². The minimum atomic E-state index is -0.384. The zero-order valence-electron chi connectivity index (χ0n) is 16.5. The van der Waals surface area contributed by atoms with Crippen molar-refractivity contribution in [2.24, 2.45) is 0 Å². The highest BCUT2D eigenvalue weighted by molar-refractivity contribution is 7.17. The van der Waals surface area contributed by atoms with Crippen molar-refractivity contribution in [2.45, 2.75) is 51.9 Å². The number of ether oxygens (including phenoxy) is 2. The van der Waals surface area contributed by atoms with Crippen LogP contribution in [0.3, 0.4) is 0 Å². The van der Waals surface area contributed by atoms with Gasteiger partial charge >= 0.3 is 5.97 Å². The predicted molar refractivity (Wildman–Crippen MR) is 112 cm³/mol. The molecule has 0 bridgehead atoms. The van der Waals surface area contributed by atoms with Crippen LogP contribution >= 0.6 is 11.3 Å². The highest BCUT2D eigenvalue weighted by Gasteiger charge is 2.27. The summed E-state index contributed by atoms with van der Waals surface area (Å²) in [7, 11) is 1.38. The lowest BCUT2D eigenvalue weighted by molar-refractivity contribution is 0.0601. The van der Waals surface area contributed by atoms with E-state index in [0.717, 1.165) is 56.3 Å². The molecule has 1 aromatic heterocycles. The lowest BCUT2D eigenvalue weighted by atomic mass is 9.95. The number of unbranched alkanes of at least 4 members (excludes halogenated alkanes) is 2. The first-order valence-corrected chi connectivity index (χ1v) is 10.7. The summed E-state index contributed by atoms with van der Waals surface area (Å²) >= 11 is 1.49. The average molecular weight is 402 g/mol. The van der Waals surface area contributed by atoms with Gasteiger partial charge in [-0.2, -0.15) is 0 Å². The number of hydrogen-bond acceptors (Lipinski definition) is 5. The smallest absolute Gasteiger partial charge is 0.341 e. The molecule has 150 valence electrons. The van der Waals surface area contributed by atoms with Gasteiger partial charge in [-0.15, -0.1) is 11.3 Å². The number of esters is 1. The second-order valence-corrected chi connectivity index (χ2v) is 8.05. The fourth-order valence-corrected chi connectivity index (χ4v) is 4.66. The molecular formula is C22H27NO4S. The molecule has 0 radical (unpaired) electrons. The largest absolute Gasteiger partial charge is 0.494 e. The Morgan fingerprint density at radius 3 is 2.57 bits per heavy atom. The number of rotatable bonds is 8. The summed E-state index contributed by atoms with van der Waals surface area (Å²) in [5.41, 5.74) is 2.09. The first kappa shape index (κ1) is 20.4. The normalized spacial score (nSPS) is 12.9. The van der Waals surface area contributed by atoms with Crippen molar-refractivity contribution < 1.29 is 19.1 Å². The molecule has 6 heteroatoms. The summed E-state index contributed by atoms with van der Waals surface area (Å²) in [5.74, 6) is 0.140. The molecule has 1 aliphatic rings. The molecule has 0 fully saturated rings. The van der Waals surface area contributed by atoms with Gasteiger partial charge in [-0.1, -0.05) is 19.8 Å². The number of carbonyl (C=O) groups excluding carboxylic acids is 2. The molecule has 1 aromatic carbocycles. The topological polar surface area (TPSA) is 64.6 Å². The number of benzene rings is 1. The van der Waals surface area contributed by atoms with Crippen molar-refractivity contribution in [3.63, 3.8) is 0 Å². The monoisotopic (exact) mass is 401 g/mol. The van der Waals surface area contributed by atoms with E-state index in [9.17, 15) is 9.59 Å². The Labute approximate surface area is 170 Å². The average Bonchev–Trinajstić information content (AvgIpc) is 3.09. The van der Waals surface area contributed by atoms with E-state index in [4.69, 9.17) is 9.47 Å². The fraction of sp³-hybridized carbons (Fsp3) is 0.455. The molecule has 1 N–H and O–H groups in total. The Hall–Kier alpha value is -2.34. The molecule has 5 nitrogen and oxygen atoms in total. The van der Waals surface area contributed by atoms with Crippen molar-refractivity contribution in [1.82, 2.24) is 0 Å². The van der Waals surface area contributed by atoms with Crippen LogP contribution in [-0.4, -0.2) is 25.6 Å². The van der Waals surface area contributed by atoms with Crippen LogP contribution in [0.4, 0.5) is 5.00 Å². The number of methoxy groups -OCH3 is 1. The van der Waals surface area contributed by atoms with Gasteiger partial charge < -0.3 is 14.8 Å².